The highest BCUT2D eigenvalue weighted by molar-refractivity contribution is 6.30. The fraction of sp³-hybridized carbons (Fsp3) is 0.133. The third kappa shape index (κ3) is 4.81. The minimum absolute atomic E-state index is 0.0464. The van der Waals surface area contributed by atoms with E-state index in [1.165, 1.54) is 36.4 Å². The van der Waals surface area contributed by atoms with E-state index in [1.54, 1.807) is 6.07 Å². The van der Waals surface area contributed by atoms with E-state index in [1.807, 2.05) is 0 Å². The molecule has 0 fully saturated rings. The van der Waals surface area contributed by atoms with Crippen LogP contribution in [0.5, 0.6) is 0 Å². The maximum absolute atomic E-state index is 13.0. The van der Waals surface area contributed by atoms with Crippen LogP contribution in [0.4, 0.5) is 14.5 Å². The Kier molecular flexibility index (Phi) is 5.25. The summed E-state index contributed by atoms with van der Waals surface area (Å²) in [6.45, 7) is 0.462. The van der Waals surface area contributed by atoms with Crippen LogP contribution in [0.3, 0.4) is 0 Å². The van der Waals surface area contributed by atoms with Gasteiger partial charge in [0.15, 0.2) is 0 Å². The molecule has 0 bridgehead atoms. The molecule has 2 aromatic rings. The number of carbonyl (C=O) groups is 1. The molecule has 0 aliphatic heterocycles. The van der Waals surface area contributed by atoms with Gasteiger partial charge in [-0.2, -0.15) is 0 Å². The lowest BCUT2D eigenvalue weighted by atomic mass is 10.2. The maximum atomic E-state index is 13.0. The van der Waals surface area contributed by atoms with Gasteiger partial charge in [0.1, 0.15) is 11.6 Å². The number of hydrogen-bond donors (Lipinski definition) is 2. The van der Waals surface area contributed by atoms with Crippen LogP contribution in [0.1, 0.15) is 5.56 Å². The fourth-order valence-electron chi connectivity index (χ4n) is 1.71. The smallest absolute Gasteiger partial charge is 0.238 e. The summed E-state index contributed by atoms with van der Waals surface area (Å²) in [5, 5.41) is 5.58. The van der Waals surface area contributed by atoms with Gasteiger partial charge in [0, 0.05) is 12.2 Å². The van der Waals surface area contributed by atoms with Crippen molar-refractivity contribution >= 4 is 23.2 Å². The van der Waals surface area contributed by atoms with Gasteiger partial charge < -0.3 is 10.6 Å². The van der Waals surface area contributed by atoms with Crippen molar-refractivity contribution in [3.05, 3.63) is 64.7 Å². The Morgan fingerprint density at radius 1 is 1.10 bits per heavy atom. The van der Waals surface area contributed by atoms with Crippen LogP contribution in [0, 0.1) is 11.6 Å². The summed E-state index contributed by atoms with van der Waals surface area (Å²) in [7, 11) is 0. The molecule has 21 heavy (non-hydrogen) atoms. The topological polar surface area (TPSA) is 41.1 Å². The van der Waals surface area contributed by atoms with Crippen molar-refractivity contribution in [1.29, 1.82) is 0 Å². The molecule has 0 atom stereocenters. The number of nitrogens with one attached hydrogen (secondary N) is 2. The first-order chi connectivity index (χ1) is 10.0. The van der Waals surface area contributed by atoms with Gasteiger partial charge in [-0.1, -0.05) is 17.7 Å². The summed E-state index contributed by atoms with van der Waals surface area (Å²) >= 11 is 5.66. The number of rotatable bonds is 5. The molecular weight excluding hydrogens is 298 g/mol. The first-order valence-electron chi connectivity index (χ1n) is 6.24. The molecule has 2 aromatic carbocycles. The Bertz CT molecular complexity index is 632. The van der Waals surface area contributed by atoms with Crippen molar-refractivity contribution < 1.29 is 13.6 Å². The molecular formula is C15H13ClF2N2O. The van der Waals surface area contributed by atoms with E-state index < -0.39 is 5.82 Å². The molecule has 0 unspecified atom stereocenters. The van der Waals surface area contributed by atoms with Gasteiger partial charge >= 0.3 is 0 Å². The van der Waals surface area contributed by atoms with E-state index in [-0.39, 0.29) is 23.3 Å². The molecule has 0 radical (unpaired) electrons. The van der Waals surface area contributed by atoms with Gasteiger partial charge in [0.25, 0.3) is 0 Å². The lowest BCUT2D eigenvalue weighted by Crippen LogP contribution is -2.27. The quantitative estimate of drug-likeness (QED) is 0.889. The molecule has 6 heteroatoms. The highest BCUT2D eigenvalue weighted by Crippen LogP contribution is 2.15. The van der Waals surface area contributed by atoms with Crippen molar-refractivity contribution in [3.8, 4) is 0 Å². The zero-order valence-corrected chi connectivity index (χ0v) is 11.8. The molecule has 1 amide bonds. The van der Waals surface area contributed by atoms with Crippen LogP contribution in [0.2, 0.25) is 5.02 Å². The molecule has 0 heterocycles. The Balaban J connectivity index is 1.78. The second-order valence-electron chi connectivity index (χ2n) is 4.41. The Morgan fingerprint density at radius 3 is 2.48 bits per heavy atom. The Labute approximate surface area is 125 Å². The average Bonchev–Trinajstić information content (AvgIpc) is 2.45. The van der Waals surface area contributed by atoms with Crippen molar-refractivity contribution in [2.75, 3.05) is 11.9 Å². The van der Waals surface area contributed by atoms with Crippen molar-refractivity contribution in [1.82, 2.24) is 5.32 Å². The van der Waals surface area contributed by atoms with Gasteiger partial charge in [-0.25, -0.2) is 8.78 Å². The molecule has 0 spiro atoms. The molecule has 0 aliphatic carbocycles. The van der Waals surface area contributed by atoms with Gasteiger partial charge in [0.05, 0.1) is 11.6 Å². The highest BCUT2D eigenvalue weighted by Gasteiger charge is 2.04. The predicted octanol–water partition coefficient (Wildman–Crippen LogP) is 3.35. The lowest BCUT2D eigenvalue weighted by molar-refractivity contribution is -0.115. The van der Waals surface area contributed by atoms with Gasteiger partial charge in [-0.15, -0.1) is 0 Å². The van der Waals surface area contributed by atoms with E-state index in [4.69, 9.17) is 11.6 Å². The zero-order chi connectivity index (χ0) is 15.2. The minimum atomic E-state index is -0.477. The maximum Gasteiger partial charge on any atom is 0.238 e. The molecule has 2 N–H and O–H groups in total. The predicted molar refractivity (Wildman–Crippen MR) is 78.1 cm³/mol. The van der Waals surface area contributed by atoms with Gasteiger partial charge in [0.2, 0.25) is 5.91 Å². The van der Waals surface area contributed by atoms with E-state index in [0.29, 0.717) is 12.2 Å². The second kappa shape index (κ2) is 7.15. The van der Waals surface area contributed by atoms with E-state index in [2.05, 4.69) is 10.6 Å². The number of carbonyl (C=O) groups excluding carboxylic acids is 1. The number of anilines is 1. The summed E-state index contributed by atoms with van der Waals surface area (Å²) < 4.78 is 25.7. The second-order valence-corrected chi connectivity index (χ2v) is 4.81. The van der Waals surface area contributed by atoms with Crippen LogP contribution >= 0.6 is 11.6 Å². The summed E-state index contributed by atoms with van der Waals surface area (Å²) in [5.74, 6) is -1.09. The standard InChI is InChI=1S/C15H13ClF2N2O/c16-13-7-10(1-6-14(13)18)8-19-9-15(21)20-12-4-2-11(17)3-5-12/h1-7,19H,8-9H2,(H,20,21). The van der Waals surface area contributed by atoms with Crippen LogP contribution in [-0.4, -0.2) is 12.5 Å². The SMILES string of the molecule is O=C(CNCc1ccc(F)c(Cl)c1)Nc1ccc(F)cc1. The summed E-state index contributed by atoms with van der Waals surface area (Å²) in [4.78, 5) is 11.7. The first-order valence-corrected chi connectivity index (χ1v) is 6.62. The van der Waals surface area contributed by atoms with Crippen molar-refractivity contribution in [3.63, 3.8) is 0 Å². The molecule has 3 nitrogen and oxygen atoms in total. The summed E-state index contributed by atoms with van der Waals surface area (Å²) in [6, 6.07) is 9.86. The van der Waals surface area contributed by atoms with E-state index >= 15 is 0 Å². The third-order valence-corrected chi connectivity index (χ3v) is 3.02. The lowest BCUT2D eigenvalue weighted by Gasteiger charge is -2.07. The van der Waals surface area contributed by atoms with Crippen LogP contribution in [0.15, 0.2) is 42.5 Å². The molecule has 0 saturated heterocycles. The minimum Gasteiger partial charge on any atom is -0.325 e. The highest BCUT2D eigenvalue weighted by atomic mass is 35.5. The number of benzene rings is 2. The van der Waals surface area contributed by atoms with E-state index in [9.17, 15) is 13.6 Å². The van der Waals surface area contributed by atoms with Crippen molar-refractivity contribution in [2.24, 2.45) is 0 Å². The third-order valence-electron chi connectivity index (χ3n) is 2.73. The van der Waals surface area contributed by atoms with Gasteiger partial charge in [-0.05, 0) is 42.0 Å². The number of halogens is 3. The average molecular weight is 311 g/mol. The van der Waals surface area contributed by atoms with Crippen molar-refractivity contribution in [2.45, 2.75) is 6.54 Å². The molecule has 0 saturated carbocycles. The molecule has 110 valence electrons. The summed E-state index contributed by atoms with van der Waals surface area (Å²) in [6.07, 6.45) is 0. The number of amides is 1. The molecule has 2 rings (SSSR count). The molecule has 0 aromatic heterocycles. The number of hydrogen-bond acceptors (Lipinski definition) is 2. The zero-order valence-electron chi connectivity index (χ0n) is 11.0. The van der Waals surface area contributed by atoms with Crippen LogP contribution < -0.4 is 10.6 Å². The monoisotopic (exact) mass is 310 g/mol. The Morgan fingerprint density at radius 2 is 1.81 bits per heavy atom. The van der Waals surface area contributed by atoms with Crippen LogP contribution in [-0.2, 0) is 11.3 Å². The largest absolute Gasteiger partial charge is 0.325 e. The van der Waals surface area contributed by atoms with E-state index in [0.717, 1.165) is 5.56 Å². The molecule has 0 aliphatic rings. The fourth-order valence-corrected chi connectivity index (χ4v) is 1.91. The summed E-state index contributed by atoms with van der Waals surface area (Å²) in [5.41, 5.74) is 1.30. The van der Waals surface area contributed by atoms with Gasteiger partial charge in [-0.3, -0.25) is 4.79 Å². The Hall–Kier alpha value is -1.98. The first kappa shape index (κ1) is 15.4. The van der Waals surface area contributed by atoms with Crippen LogP contribution in [0.25, 0.3) is 0 Å². The normalized spacial score (nSPS) is 10.4.